The number of hydrogen-bond donors (Lipinski definition) is 3. The molecule has 2 amide bonds. The van der Waals surface area contributed by atoms with Crippen LogP contribution in [0.15, 0.2) is 60.9 Å². The molecule has 10 nitrogen and oxygen atoms in total. The van der Waals surface area contributed by atoms with Crippen LogP contribution in [-0.4, -0.2) is 70.0 Å². The summed E-state index contributed by atoms with van der Waals surface area (Å²) in [7, 11) is 0. The van der Waals surface area contributed by atoms with Crippen LogP contribution in [0.2, 0.25) is 0 Å². The third-order valence-electron chi connectivity index (χ3n) is 7.35. The highest BCUT2D eigenvalue weighted by Crippen LogP contribution is 2.27. The molecule has 2 fully saturated rings. The van der Waals surface area contributed by atoms with Crippen LogP contribution in [0.4, 0.5) is 21.7 Å². The third kappa shape index (κ3) is 4.88. The number of nitrogens with one attached hydrogen (secondary N) is 2. The van der Waals surface area contributed by atoms with Gasteiger partial charge >= 0.3 is 0 Å². The number of halogens is 1. The lowest BCUT2D eigenvalue weighted by Crippen LogP contribution is -2.53. The molecule has 4 aromatic rings. The standard InChI is InChI=1S/C28H29FN8O2/c29-22-16-32-28(34-26(22)37-17-21(25(30)38)20-7-1-2-9-24(20)37)33-18-5-3-6-19(15-18)35-11-13-36(14-12-35)27(39)23-8-4-10-31-23/h1-3,5-7,9,15-17,23,31H,4,8,10-14H2,(H2,30,38)(H,32,33,34). The summed E-state index contributed by atoms with van der Waals surface area (Å²) >= 11 is 0. The molecule has 0 radical (unpaired) electrons. The Morgan fingerprint density at radius 3 is 2.67 bits per heavy atom. The predicted molar refractivity (Wildman–Crippen MR) is 147 cm³/mol. The summed E-state index contributed by atoms with van der Waals surface area (Å²) in [5.41, 5.74) is 8.20. The molecule has 39 heavy (non-hydrogen) atoms. The quantitative estimate of drug-likeness (QED) is 0.352. The number of carbonyl (C=O) groups is 2. The van der Waals surface area contributed by atoms with Gasteiger partial charge in [0.2, 0.25) is 11.9 Å². The number of amides is 2. The number of piperazine rings is 1. The van der Waals surface area contributed by atoms with Gasteiger partial charge < -0.3 is 26.2 Å². The number of nitrogens with two attached hydrogens (primary N) is 1. The fourth-order valence-electron chi connectivity index (χ4n) is 5.35. The van der Waals surface area contributed by atoms with Crippen LogP contribution >= 0.6 is 0 Å². The van der Waals surface area contributed by atoms with Gasteiger partial charge in [-0.15, -0.1) is 0 Å². The van der Waals surface area contributed by atoms with Crippen LogP contribution in [0, 0.1) is 5.82 Å². The summed E-state index contributed by atoms with van der Waals surface area (Å²) in [5.74, 6) is -0.821. The molecule has 2 aliphatic heterocycles. The third-order valence-corrected chi connectivity index (χ3v) is 7.35. The van der Waals surface area contributed by atoms with Crippen LogP contribution < -0.4 is 21.3 Å². The van der Waals surface area contributed by atoms with Gasteiger partial charge in [-0.2, -0.15) is 4.98 Å². The molecule has 6 rings (SSSR count). The van der Waals surface area contributed by atoms with Crippen molar-refractivity contribution in [3.8, 4) is 5.82 Å². The Morgan fingerprint density at radius 1 is 1.08 bits per heavy atom. The lowest BCUT2D eigenvalue weighted by atomic mass is 10.1. The van der Waals surface area contributed by atoms with Crippen molar-refractivity contribution in [2.75, 3.05) is 42.9 Å². The SMILES string of the molecule is NC(=O)c1cn(-c2nc(Nc3cccc(N4CCN(C(=O)C5CCCN5)CC4)c3)ncc2F)c2ccccc12. The number of para-hydroxylation sites is 1. The van der Waals surface area contributed by atoms with Crippen molar-refractivity contribution in [1.29, 1.82) is 0 Å². The first-order chi connectivity index (χ1) is 19.0. The Hall–Kier alpha value is -4.51. The van der Waals surface area contributed by atoms with E-state index in [2.05, 4.69) is 25.5 Å². The molecule has 2 saturated heterocycles. The molecular formula is C28H29FN8O2. The number of hydrogen-bond acceptors (Lipinski definition) is 7. The molecule has 0 spiro atoms. The average molecular weight is 529 g/mol. The second-order valence-corrected chi connectivity index (χ2v) is 9.80. The Balaban J connectivity index is 1.20. The van der Waals surface area contributed by atoms with Gasteiger partial charge in [0.05, 0.1) is 23.3 Å². The van der Waals surface area contributed by atoms with Gasteiger partial charge in [0.25, 0.3) is 5.91 Å². The minimum absolute atomic E-state index is 0.00453. The van der Waals surface area contributed by atoms with Gasteiger partial charge in [0.1, 0.15) is 0 Å². The maximum atomic E-state index is 14.9. The molecule has 2 aromatic carbocycles. The van der Waals surface area contributed by atoms with Gasteiger partial charge in [0, 0.05) is 49.1 Å². The summed E-state index contributed by atoms with van der Waals surface area (Å²) in [6.45, 7) is 3.74. The van der Waals surface area contributed by atoms with Gasteiger partial charge in [0.15, 0.2) is 11.6 Å². The number of primary amides is 1. The number of aromatic nitrogens is 3. The highest BCUT2D eigenvalue weighted by molar-refractivity contribution is 6.06. The first kappa shape index (κ1) is 24.8. The van der Waals surface area contributed by atoms with Crippen molar-refractivity contribution >= 4 is 40.0 Å². The van der Waals surface area contributed by atoms with E-state index in [1.54, 1.807) is 24.3 Å². The molecule has 11 heteroatoms. The summed E-state index contributed by atoms with van der Waals surface area (Å²) in [5, 5.41) is 7.08. The highest BCUT2D eigenvalue weighted by atomic mass is 19.1. The normalized spacial score (nSPS) is 17.5. The fourth-order valence-corrected chi connectivity index (χ4v) is 5.35. The largest absolute Gasteiger partial charge is 0.368 e. The first-order valence-electron chi connectivity index (χ1n) is 13.0. The maximum Gasteiger partial charge on any atom is 0.250 e. The monoisotopic (exact) mass is 528 g/mol. The van der Waals surface area contributed by atoms with Crippen molar-refractivity contribution in [3.63, 3.8) is 0 Å². The Morgan fingerprint density at radius 2 is 1.90 bits per heavy atom. The smallest absolute Gasteiger partial charge is 0.250 e. The summed E-state index contributed by atoms with van der Waals surface area (Å²) < 4.78 is 16.4. The van der Waals surface area contributed by atoms with Crippen molar-refractivity contribution in [3.05, 3.63) is 72.3 Å². The number of rotatable bonds is 6. The lowest BCUT2D eigenvalue weighted by molar-refractivity contribution is -0.133. The molecule has 4 heterocycles. The second kappa shape index (κ2) is 10.3. The van der Waals surface area contributed by atoms with Gasteiger partial charge in [-0.3, -0.25) is 14.2 Å². The van der Waals surface area contributed by atoms with Crippen LogP contribution in [0.25, 0.3) is 16.7 Å². The molecule has 0 saturated carbocycles. The minimum Gasteiger partial charge on any atom is -0.368 e. The van der Waals surface area contributed by atoms with Crippen molar-refractivity contribution < 1.29 is 14.0 Å². The minimum atomic E-state index is -0.633. The predicted octanol–water partition coefficient (Wildman–Crippen LogP) is 2.80. The number of fused-ring (bicyclic) bond motifs is 1. The van der Waals surface area contributed by atoms with E-state index in [0.29, 0.717) is 24.0 Å². The number of nitrogens with zero attached hydrogens (tertiary/aromatic N) is 5. The molecule has 1 atom stereocenters. The molecule has 1 unspecified atom stereocenters. The topological polar surface area (TPSA) is 121 Å². The van der Waals surface area contributed by atoms with E-state index in [1.165, 1.54) is 10.8 Å². The first-order valence-corrected chi connectivity index (χ1v) is 13.0. The van der Waals surface area contributed by atoms with E-state index in [-0.39, 0.29) is 29.3 Å². The molecular weight excluding hydrogens is 499 g/mol. The van der Waals surface area contributed by atoms with Crippen molar-refractivity contribution in [1.82, 2.24) is 24.8 Å². The van der Waals surface area contributed by atoms with Crippen LogP contribution in [0.1, 0.15) is 23.2 Å². The van der Waals surface area contributed by atoms with E-state index in [0.717, 1.165) is 50.0 Å². The summed E-state index contributed by atoms with van der Waals surface area (Å²) in [4.78, 5) is 37.4. The number of anilines is 3. The second-order valence-electron chi connectivity index (χ2n) is 9.80. The van der Waals surface area contributed by atoms with Gasteiger partial charge in [-0.1, -0.05) is 24.3 Å². The maximum absolute atomic E-state index is 14.9. The summed E-state index contributed by atoms with van der Waals surface area (Å²) in [6, 6.07) is 14.9. The zero-order chi connectivity index (χ0) is 26.9. The Labute approximate surface area is 224 Å². The zero-order valence-corrected chi connectivity index (χ0v) is 21.3. The summed E-state index contributed by atoms with van der Waals surface area (Å²) in [6.07, 6.45) is 4.55. The van der Waals surface area contributed by atoms with Gasteiger partial charge in [-0.25, -0.2) is 9.37 Å². The van der Waals surface area contributed by atoms with Gasteiger partial charge in [-0.05, 0) is 43.7 Å². The molecule has 200 valence electrons. The highest BCUT2D eigenvalue weighted by Gasteiger charge is 2.29. The number of benzene rings is 2. The number of carbonyl (C=O) groups excluding carboxylic acids is 2. The zero-order valence-electron chi connectivity index (χ0n) is 21.3. The fraction of sp³-hybridized carbons (Fsp3) is 0.286. The van der Waals surface area contributed by atoms with E-state index >= 15 is 0 Å². The van der Waals surface area contributed by atoms with E-state index in [9.17, 15) is 14.0 Å². The Bertz CT molecular complexity index is 1540. The molecule has 0 aliphatic carbocycles. The van der Waals surface area contributed by atoms with Crippen LogP contribution in [0.3, 0.4) is 0 Å². The van der Waals surface area contributed by atoms with Crippen molar-refractivity contribution in [2.45, 2.75) is 18.9 Å². The van der Waals surface area contributed by atoms with E-state index < -0.39 is 11.7 Å². The molecule has 2 aromatic heterocycles. The average Bonchev–Trinajstić information content (AvgIpc) is 3.63. The molecule has 4 N–H and O–H groups in total. The van der Waals surface area contributed by atoms with Crippen LogP contribution in [0.5, 0.6) is 0 Å². The van der Waals surface area contributed by atoms with E-state index in [1.807, 2.05) is 29.2 Å². The van der Waals surface area contributed by atoms with Crippen molar-refractivity contribution in [2.24, 2.45) is 5.73 Å². The van der Waals surface area contributed by atoms with E-state index in [4.69, 9.17) is 5.73 Å². The van der Waals surface area contributed by atoms with Crippen LogP contribution in [-0.2, 0) is 4.79 Å². The molecule has 0 bridgehead atoms. The Kier molecular flexibility index (Phi) is 6.57. The lowest BCUT2D eigenvalue weighted by Gasteiger charge is -2.37. The molecule has 2 aliphatic rings.